The summed E-state index contributed by atoms with van der Waals surface area (Å²) in [5.74, 6) is -0.695. The number of hydrogen-bond donors (Lipinski definition) is 1. The third kappa shape index (κ3) is 4.91. The zero-order valence-electron chi connectivity index (χ0n) is 14.7. The highest BCUT2D eigenvalue weighted by atomic mass is 32.1. The second kappa shape index (κ2) is 8.05. The zero-order chi connectivity index (χ0) is 20.3. The van der Waals surface area contributed by atoms with Gasteiger partial charge in [0, 0.05) is 23.4 Å². The number of carbonyl (C=O) groups is 2. The molecule has 0 bridgehead atoms. The average molecular weight is 415 g/mol. The summed E-state index contributed by atoms with van der Waals surface area (Å²) >= 11 is 1.25. The van der Waals surface area contributed by atoms with E-state index in [0.29, 0.717) is 24.6 Å². The Bertz CT molecular complexity index is 868. The Morgan fingerprint density at radius 1 is 1.29 bits per heavy atom. The number of thiazole rings is 1. The van der Waals surface area contributed by atoms with Gasteiger partial charge >= 0.3 is 12.5 Å². The highest BCUT2D eigenvalue weighted by Crippen LogP contribution is 2.29. The Labute approximate surface area is 162 Å². The summed E-state index contributed by atoms with van der Waals surface area (Å²) in [6.07, 6.45) is -4.86. The van der Waals surface area contributed by atoms with Gasteiger partial charge in [0.1, 0.15) is 5.75 Å². The van der Waals surface area contributed by atoms with E-state index in [1.807, 2.05) is 0 Å². The predicted octanol–water partition coefficient (Wildman–Crippen LogP) is 3.81. The molecule has 1 N–H and O–H groups in total. The number of carbonyl (C=O) groups excluding carboxylic acids is 2. The molecule has 1 aromatic carbocycles. The fraction of sp³-hybridized carbons (Fsp3) is 0.353. The first-order chi connectivity index (χ1) is 13.2. The van der Waals surface area contributed by atoms with E-state index >= 15 is 0 Å². The molecular weight excluding hydrogens is 399 g/mol. The summed E-state index contributed by atoms with van der Waals surface area (Å²) in [5, 5.41) is 2.93. The molecule has 150 valence electrons. The maximum Gasteiger partial charge on any atom is 0.573 e. The summed E-state index contributed by atoms with van der Waals surface area (Å²) in [7, 11) is 0. The molecule has 2 heterocycles. The molecule has 2 amide bonds. The minimum Gasteiger partial charge on any atom is -0.450 e. The topological polar surface area (TPSA) is 80.8 Å². The monoisotopic (exact) mass is 415 g/mol. The first kappa shape index (κ1) is 19.9. The Morgan fingerprint density at radius 3 is 2.64 bits per heavy atom. The van der Waals surface area contributed by atoms with Gasteiger partial charge in [-0.05, 0) is 31.2 Å². The fourth-order valence-electron chi connectivity index (χ4n) is 2.66. The van der Waals surface area contributed by atoms with Crippen LogP contribution in [0.25, 0.3) is 0 Å². The smallest absolute Gasteiger partial charge is 0.450 e. The second-order valence-electron chi connectivity index (χ2n) is 5.78. The van der Waals surface area contributed by atoms with Gasteiger partial charge in [-0.15, -0.1) is 13.2 Å². The van der Waals surface area contributed by atoms with Crippen LogP contribution in [0.3, 0.4) is 0 Å². The van der Waals surface area contributed by atoms with Gasteiger partial charge in [-0.1, -0.05) is 11.3 Å². The van der Waals surface area contributed by atoms with Crippen molar-refractivity contribution in [1.82, 2.24) is 9.88 Å². The Hall–Kier alpha value is -2.82. The van der Waals surface area contributed by atoms with Crippen molar-refractivity contribution in [3.8, 4) is 5.75 Å². The third-order valence-electron chi connectivity index (χ3n) is 3.84. The number of ether oxygens (including phenoxy) is 2. The molecule has 11 heteroatoms. The number of nitrogens with zero attached hydrogens (tertiary/aromatic N) is 2. The molecule has 0 saturated heterocycles. The number of fused-ring (bicyclic) bond motifs is 1. The SMILES string of the molecule is CCOC(=O)Nc1nc2c(s1)CN(C(=O)c1ccc(OC(F)(F)F)cc1)CC2. The standard InChI is InChI=1S/C17H16F3N3O4S/c1-2-26-16(25)22-15-21-12-7-8-23(9-13(12)28-15)14(24)10-3-5-11(6-4-10)27-17(18,19)20/h3-6H,2,7-9H2,1H3,(H,21,22,25). The van der Waals surface area contributed by atoms with E-state index in [4.69, 9.17) is 4.74 Å². The van der Waals surface area contributed by atoms with Crippen molar-refractivity contribution >= 4 is 28.5 Å². The highest BCUT2D eigenvalue weighted by molar-refractivity contribution is 7.15. The van der Waals surface area contributed by atoms with E-state index in [2.05, 4.69) is 15.0 Å². The lowest BCUT2D eigenvalue weighted by Gasteiger charge is -2.26. The van der Waals surface area contributed by atoms with Crippen LogP contribution in [0.1, 0.15) is 27.9 Å². The molecule has 2 aromatic rings. The van der Waals surface area contributed by atoms with Crippen LogP contribution in [0.15, 0.2) is 24.3 Å². The Morgan fingerprint density at radius 2 is 2.00 bits per heavy atom. The zero-order valence-corrected chi connectivity index (χ0v) is 15.5. The Kier molecular flexibility index (Phi) is 5.73. The molecule has 0 fully saturated rings. The molecule has 0 atom stereocenters. The lowest BCUT2D eigenvalue weighted by Crippen LogP contribution is -2.35. The number of halogens is 3. The lowest BCUT2D eigenvalue weighted by atomic mass is 10.1. The molecule has 28 heavy (non-hydrogen) atoms. The summed E-state index contributed by atoms with van der Waals surface area (Å²) < 4.78 is 45.3. The van der Waals surface area contributed by atoms with E-state index in [0.717, 1.165) is 22.7 Å². The first-order valence-electron chi connectivity index (χ1n) is 8.32. The van der Waals surface area contributed by atoms with Gasteiger partial charge in [-0.3, -0.25) is 10.1 Å². The highest BCUT2D eigenvalue weighted by Gasteiger charge is 2.31. The Balaban J connectivity index is 1.65. The van der Waals surface area contributed by atoms with Crippen LogP contribution in [0.4, 0.5) is 23.1 Å². The number of hydrogen-bond acceptors (Lipinski definition) is 6. The average Bonchev–Trinajstić information content (AvgIpc) is 3.01. The predicted molar refractivity (Wildman–Crippen MR) is 94.3 cm³/mol. The van der Waals surface area contributed by atoms with E-state index in [9.17, 15) is 22.8 Å². The van der Waals surface area contributed by atoms with Crippen molar-refractivity contribution in [3.63, 3.8) is 0 Å². The molecule has 0 saturated carbocycles. The van der Waals surface area contributed by atoms with Gasteiger partial charge in [0.2, 0.25) is 0 Å². The number of nitrogens with one attached hydrogen (secondary N) is 1. The molecule has 1 aromatic heterocycles. The molecule has 7 nitrogen and oxygen atoms in total. The van der Waals surface area contributed by atoms with Crippen LogP contribution < -0.4 is 10.1 Å². The third-order valence-corrected chi connectivity index (χ3v) is 4.84. The van der Waals surface area contributed by atoms with E-state index in [1.165, 1.54) is 23.5 Å². The van der Waals surface area contributed by atoms with E-state index in [-0.39, 0.29) is 23.8 Å². The molecule has 1 aliphatic heterocycles. The summed E-state index contributed by atoms with van der Waals surface area (Å²) in [6.45, 7) is 2.65. The number of aromatic nitrogens is 1. The van der Waals surface area contributed by atoms with Crippen molar-refractivity contribution in [1.29, 1.82) is 0 Å². The number of anilines is 1. The summed E-state index contributed by atoms with van der Waals surface area (Å²) in [4.78, 5) is 30.9. The van der Waals surface area contributed by atoms with E-state index in [1.54, 1.807) is 11.8 Å². The van der Waals surface area contributed by atoms with Gasteiger partial charge in [-0.25, -0.2) is 9.78 Å². The molecular formula is C17H16F3N3O4S. The van der Waals surface area contributed by atoms with Crippen molar-refractivity contribution in [3.05, 3.63) is 40.4 Å². The number of alkyl halides is 3. The normalized spacial score (nSPS) is 13.6. The van der Waals surface area contributed by atoms with Crippen LogP contribution in [0.5, 0.6) is 5.75 Å². The van der Waals surface area contributed by atoms with Crippen molar-refractivity contribution in [2.75, 3.05) is 18.5 Å². The lowest BCUT2D eigenvalue weighted by molar-refractivity contribution is -0.274. The van der Waals surface area contributed by atoms with Gasteiger partial charge in [0.25, 0.3) is 5.91 Å². The molecule has 1 aliphatic rings. The van der Waals surface area contributed by atoms with Crippen LogP contribution in [0, 0.1) is 0 Å². The maximum absolute atomic E-state index is 12.6. The molecule has 0 radical (unpaired) electrons. The van der Waals surface area contributed by atoms with Crippen LogP contribution in [-0.4, -0.2) is 41.4 Å². The fourth-order valence-corrected chi connectivity index (χ4v) is 3.67. The minimum absolute atomic E-state index is 0.242. The molecule has 3 rings (SSSR count). The van der Waals surface area contributed by atoms with Gasteiger partial charge in [0.05, 0.1) is 18.8 Å². The van der Waals surface area contributed by atoms with Crippen molar-refractivity contribution in [2.24, 2.45) is 0 Å². The molecule has 0 aliphatic carbocycles. The number of benzene rings is 1. The molecule has 0 spiro atoms. The maximum atomic E-state index is 12.6. The minimum atomic E-state index is -4.78. The quantitative estimate of drug-likeness (QED) is 0.822. The van der Waals surface area contributed by atoms with Crippen LogP contribution in [0.2, 0.25) is 0 Å². The summed E-state index contributed by atoms with van der Waals surface area (Å²) in [5.41, 5.74) is 1.06. The van der Waals surface area contributed by atoms with Gasteiger partial charge < -0.3 is 14.4 Å². The molecule has 0 unspecified atom stereocenters. The van der Waals surface area contributed by atoms with Gasteiger partial charge in [0.15, 0.2) is 5.13 Å². The summed E-state index contributed by atoms with van der Waals surface area (Å²) in [6, 6.07) is 4.78. The van der Waals surface area contributed by atoms with Crippen LogP contribution >= 0.6 is 11.3 Å². The van der Waals surface area contributed by atoms with Crippen molar-refractivity contribution < 1.29 is 32.2 Å². The largest absolute Gasteiger partial charge is 0.573 e. The van der Waals surface area contributed by atoms with E-state index < -0.39 is 12.5 Å². The van der Waals surface area contributed by atoms with Crippen molar-refractivity contribution in [2.45, 2.75) is 26.3 Å². The van der Waals surface area contributed by atoms with Crippen LogP contribution in [-0.2, 0) is 17.7 Å². The number of rotatable bonds is 4. The second-order valence-corrected chi connectivity index (χ2v) is 6.87. The number of amides is 2. The first-order valence-corrected chi connectivity index (χ1v) is 9.14. The van der Waals surface area contributed by atoms with Gasteiger partial charge in [-0.2, -0.15) is 0 Å².